The van der Waals surface area contributed by atoms with Gasteiger partial charge in [-0.25, -0.2) is 4.99 Å². The fraction of sp³-hybridized carbons (Fsp3) is 0.292. The van der Waals surface area contributed by atoms with Crippen molar-refractivity contribution >= 4 is 33.4 Å². The SMILES string of the molecule is CN(C)CCSC(=Nc1ccccc1)N1CCc2cc3ccccc3cc2C1. The minimum atomic E-state index is 0.931. The second-order valence-electron chi connectivity index (χ2n) is 7.52. The number of thioether (sulfide) groups is 1. The quantitative estimate of drug-likeness (QED) is 0.452. The Hall–Kier alpha value is -2.30. The predicted octanol–water partition coefficient (Wildman–Crippen LogP) is 5.18. The normalized spacial score (nSPS) is 14.5. The fourth-order valence-corrected chi connectivity index (χ4v) is 4.69. The third kappa shape index (κ3) is 4.57. The third-order valence-corrected chi connectivity index (χ3v) is 6.10. The highest BCUT2D eigenvalue weighted by Crippen LogP contribution is 2.28. The van der Waals surface area contributed by atoms with Crippen LogP contribution in [0.3, 0.4) is 0 Å². The zero-order valence-corrected chi connectivity index (χ0v) is 17.5. The lowest BCUT2D eigenvalue weighted by Crippen LogP contribution is -2.35. The number of hydrogen-bond acceptors (Lipinski definition) is 3. The summed E-state index contributed by atoms with van der Waals surface area (Å²) in [6, 6.07) is 23.7. The van der Waals surface area contributed by atoms with Gasteiger partial charge in [0.1, 0.15) is 0 Å². The van der Waals surface area contributed by atoms with E-state index in [-0.39, 0.29) is 0 Å². The van der Waals surface area contributed by atoms with Crippen LogP contribution in [0.4, 0.5) is 5.69 Å². The molecule has 4 heteroatoms. The minimum Gasteiger partial charge on any atom is -0.347 e. The van der Waals surface area contributed by atoms with Crippen molar-refractivity contribution in [2.24, 2.45) is 4.99 Å². The number of amidine groups is 1. The van der Waals surface area contributed by atoms with Crippen molar-refractivity contribution in [2.75, 3.05) is 32.9 Å². The Morgan fingerprint density at radius 2 is 1.64 bits per heavy atom. The van der Waals surface area contributed by atoms with Crippen LogP contribution < -0.4 is 0 Å². The lowest BCUT2D eigenvalue weighted by Gasteiger charge is -2.31. The summed E-state index contributed by atoms with van der Waals surface area (Å²) in [5.74, 6) is 1.04. The van der Waals surface area contributed by atoms with Crippen LogP contribution in [-0.2, 0) is 13.0 Å². The minimum absolute atomic E-state index is 0.931. The summed E-state index contributed by atoms with van der Waals surface area (Å²) >= 11 is 1.86. The zero-order valence-electron chi connectivity index (χ0n) is 16.6. The number of hydrogen-bond donors (Lipinski definition) is 0. The van der Waals surface area contributed by atoms with Gasteiger partial charge in [0.2, 0.25) is 0 Å². The Morgan fingerprint density at radius 3 is 2.36 bits per heavy atom. The molecule has 1 aliphatic heterocycles. The second-order valence-corrected chi connectivity index (χ2v) is 8.58. The van der Waals surface area contributed by atoms with Gasteiger partial charge in [0, 0.05) is 25.4 Å². The van der Waals surface area contributed by atoms with E-state index in [0.717, 1.165) is 42.7 Å². The van der Waals surface area contributed by atoms with Gasteiger partial charge >= 0.3 is 0 Å². The Kier molecular flexibility index (Phi) is 5.98. The van der Waals surface area contributed by atoms with Crippen molar-refractivity contribution in [1.82, 2.24) is 9.80 Å². The molecule has 0 saturated carbocycles. The number of benzene rings is 3. The molecule has 0 aromatic heterocycles. The molecular weight excluding hydrogens is 362 g/mol. The summed E-state index contributed by atoms with van der Waals surface area (Å²) in [6.07, 6.45) is 1.07. The molecule has 0 unspecified atom stereocenters. The van der Waals surface area contributed by atoms with Gasteiger partial charge in [-0.3, -0.25) is 0 Å². The van der Waals surface area contributed by atoms with E-state index in [2.05, 4.69) is 84.6 Å². The van der Waals surface area contributed by atoms with Gasteiger partial charge in [-0.1, -0.05) is 60.3 Å². The first-order valence-corrected chi connectivity index (χ1v) is 10.8. The molecule has 4 rings (SSSR count). The molecule has 3 aromatic carbocycles. The molecule has 0 amide bonds. The molecular formula is C24H27N3S. The van der Waals surface area contributed by atoms with E-state index < -0.39 is 0 Å². The van der Waals surface area contributed by atoms with Crippen LogP contribution in [0.2, 0.25) is 0 Å². The number of rotatable bonds is 4. The number of fused-ring (bicyclic) bond motifs is 2. The maximum absolute atomic E-state index is 5.00. The lowest BCUT2D eigenvalue weighted by molar-refractivity contribution is 0.401. The molecule has 144 valence electrons. The summed E-state index contributed by atoms with van der Waals surface area (Å²) < 4.78 is 0. The topological polar surface area (TPSA) is 18.8 Å². The first kappa shape index (κ1) is 19.0. The first-order chi connectivity index (χ1) is 13.7. The molecule has 28 heavy (non-hydrogen) atoms. The van der Waals surface area contributed by atoms with E-state index in [1.807, 2.05) is 17.8 Å². The molecule has 3 aromatic rings. The molecule has 1 aliphatic rings. The smallest absolute Gasteiger partial charge is 0.164 e. The van der Waals surface area contributed by atoms with E-state index in [4.69, 9.17) is 4.99 Å². The summed E-state index contributed by atoms with van der Waals surface area (Å²) in [5, 5.41) is 3.80. The van der Waals surface area contributed by atoms with Gasteiger partial charge in [-0.15, -0.1) is 0 Å². The molecule has 1 heterocycles. The zero-order chi connectivity index (χ0) is 19.3. The molecule has 3 nitrogen and oxygen atoms in total. The van der Waals surface area contributed by atoms with Crippen LogP contribution in [0.15, 0.2) is 71.7 Å². The molecule has 0 atom stereocenters. The third-order valence-electron chi connectivity index (χ3n) is 5.10. The van der Waals surface area contributed by atoms with Crippen LogP contribution in [0, 0.1) is 0 Å². The van der Waals surface area contributed by atoms with Gasteiger partial charge in [-0.05, 0) is 60.6 Å². The van der Waals surface area contributed by atoms with E-state index >= 15 is 0 Å². The van der Waals surface area contributed by atoms with E-state index in [1.165, 1.54) is 21.9 Å². The maximum atomic E-state index is 5.00. The molecule has 0 saturated heterocycles. The van der Waals surface area contributed by atoms with Crippen molar-refractivity contribution < 1.29 is 0 Å². The highest BCUT2D eigenvalue weighted by molar-refractivity contribution is 8.13. The summed E-state index contributed by atoms with van der Waals surface area (Å²) in [6.45, 7) is 3.00. The molecule has 0 N–H and O–H groups in total. The molecule has 0 spiro atoms. The van der Waals surface area contributed by atoms with E-state index in [0.29, 0.717) is 0 Å². The van der Waals surface area contributed by atoms with Crippen molar-refractivity contribution in [2.45, 2.75) is 13.0 Å². The Morgan fingerprint density at radius 1 is 0.964 bits per heavy atom. The maximum Gasteiger partial charge on any atom is 0.164 e. The van der Waals surface area contributed by atoms with Gasteiger partial charge in [0.15, 0.2) is 5.17 Å². The standard InChI is InChI=1S/C24H27N3S/c1-26(2)14-15-28-24(25-23-10-4-3-5-11-23)27-13-12-21-16-19-8-6-7-9-20(19)17-22(21)18-27/h3-11,16-17H,12-15,18H2,1-2H3. The number of aliphatic imine (C=N–C) groups is 1. The van der Waals surface area contributed by atoms with Crippen LogP contribution in [0.5, 0.6) is 0 Å². The average Bonchev–Trinajstić information content (AvgIpc) is 2.71. The van der Waals surface area contributed by atoms with Crippen LogP contribution in [0.25, 0.3) is 10.8 Å². The average molecular weight is 390 g/mol. The number of nitrogens with zero attached hydrogens (tertiary/aromatic N) is 3. The fourth-order valence-electron chi connectivity index (χ4n) is 3.54. The molecule has 0 radical (unpaired) electrons. The van der Waals surface area contributed by atoms with Crippen LogP contribution >= 0.6 is 11.8 Å². The number of para-hydroxylation sites is 1. The monoisotopic (exact) mass is 389 g/mol. The highest BCUT2D eigenvalue weighted by atomic mass is 32.2. The lowest BCUT2D eigenvalue weighted by atomic mass is 9.96. The van der Waals surface area contributed by atoms with Gasteiger partial charge < -0.3 is 9.80 Å². The largest absolute Gasteiger partial charge is 0.347 e. The van der Waals surface area contributed by atoms with Crippen molar-refractivity contribution in [3.8, 4) is 0 Å². The highest BCUT2D eigenvalue weighted by Gasteiger charge is 2.20. The van der Waals surface area contributed by atoms with Crippen molar-refractivity contribution in [3.63, 3.8) is 0 Å². The summed E-state index contributed by atoms with van der Waals surface area (Å²) in [5.41, 5.74) is 3.94. The van der Waals surface area contributed by atoms with E-state index in [1.54, 1.807) is 0 Å². The summed E-state index contributed by atoms with van der Waals surface area (Å²) in [7, 11) is 4.24. The van der Waals surface area contributed by atoms with Crippen LogP contribution in [0.1, 0.15) is 11.1 Å². The predicted molar refractivity (Wildman–Crippen MR) is 123 cm³/mol. The van der Waals surface area contributed by atoms with Crippen molar-refractivity contribution in [3.05, 3.63) is 77.9 Å². The molecule has 0 bridgehead atoms. The second kappa shape index (κ2) is 8.80. The first-order valence-electron chi connectivity index (χ1n) is 9.86. The van der Waals surface area contributed by atoms with Crippen LogP contribution in [-0.4, -0.2) is 47.9 Å². The molecule has 0 fully saturated rings. The molecule has 0 aliphatic carbocycles. The Labute approximate surface area is 172 Å². The van der Waals surface area contributed by atoms with E-state index in [9.17, 15) is 0 Å². The van der Waals surface area contributed by atoms with Gasteiger partial charge in [0.25, 0.3) is 0 Å². The van der Waals surface area contributed by atoms with Crippen molar-refractivity contribution in [1.29, 1.82) is 0 Å². The Balaban J connectivity index is 1.60. The van der Waals surface area contributed by atoms with Gasteiger partial charge in [0.05, 0.1) is 5.69 Å². The van der Waals surface area contributed by atoms with Gasteiger partial charge in [-0.2, -0.15) is 0 Å². The Bertz CT molecular complexity index is 966. The summed E-state index contributed by atoms with van der Waals surface area (Å²) in [4.78, 5) is 9.68.